The normalized spacial score (nSPS) is 10.7. The molecule has 2 nitrogen and oxygen atoms in total. The first-order chi connectivity index (χ1) is 7.70. The van der Waals surface area contributed by atoms with E-state index in [1.807, 2.05) is 31.4 Å². The second-order valence-electron chi connectivity index (χ2n) is 3.29. The monoisotopic (exact) mass is 316 g/mol. The van der Waals surface area contributed by atoms with Crippen molar-refractivity contribution >= 4 is 38.9 Å². The predicted octanol–water partition coefficient (Wildman–Crippen LogP) is 3.95. The number of nitrogens with one attached hydrogen (secondary N) is 1. The molecule has 2 rings (SSSR count). The second kappa shape index (κ2) is 5.27. The molecule has 84 valence electrons. The summed E-state index contributed by atoms with van der Waals surface area (Å²) < 4.78 is 0.977. The van der Waals surface area contributed by atoms with Gasteiger partial charge in [0.15, 0.2) is 0 Å². The minimum Gasteiger partial charge on any atom is -0.315 e. The van der Waals surface area contributed by atoms with E-state index in [9.17, 15) is 0 Å². The van der Waals surface area contributed by atoms with E-state index in [2.05, 4.69) is 26.2 Å². The fourth-order valence-corrected chi connectivity index (χ4v) is 3.32. The molecular formula is C11H10BrClN2S. The van der Waals surface area contributed by atoms with Crippen molar-refractivity contribution in [2.24, 2.45) is 0 Å². The van der Waals surface area contributed by atoms with Crippen molar-refractivity contribution in [1.82, 2.24) is 10.3 Å². The van der Waals surface area contributed by atoms with E-state index in [4.69, 9.17) is 11.6 Å². The van der Waals surface area contributed by atoms with Crippen LogP contribution in [0.4, 0.5) is 0 Å². The van der Waals surface area contributed by atoms with Gasteiger partial charge in [-0.3, -0.25) is 0 Å². The van der Waals surface area contributed by atoms with Crippen LogP contribution in [0.25, 0.3) is 10.6 Å². The number of rotatable bonds is 3. The lowest BCUT2D eigenvalue weighted by Gasteiger charge is -2.00. The maximum Gasteiger partial charge on any atom is 0.124 e. The highest BCUT2D eigenvalue weighted by molar-refractivity contribution is 9.10. The second-order valence-corrected chi connectivity index (χ2v) is 5.69. The highest BCUT2D eigenvalue weighted by Crippen LogP contribution is 2.33. The Morgan fingerprint density at radius 1 is 1.50 bits per heavy atom. The minimum atomic E-state index is 0.725. The number of hydrogen-bond acceptors (Lipinski definition) is 3. The lowest BCUT2D eigenvalue weighted by molar-refractivity contribution is 0.829. The van der Waals surface area contributed by atoms with Gasteiger partial charge in [-0.05, 0) is 25.2 Å². The van der Waals surface area contributed by atoms with Crippen molar-refractivity contribution < 1.29 is 0 Å². The molecule has 1 heterocycles. The summed E-state index contributed by atoms with van der Waals surface area (Å²) in [5.41, 5.74) is 1.08. The molecule has 0 saturated carbocycles. The lowest BCUT2D eigenvalue weighted by Crippen LogP contribution is -2.02. The van der Waals surface area contributed by atoms with E-state index in [0.717, 1.165) is 26.6 Å². The molecule has 0 fully saturated rings. The van der Waals surface area contributed by atoms with Crippen LogP contribution in [0.15, 0.2) is 28.9 Å². The first-order valence-corrected chi connectivity index (χ1v) is 6.74. The number of thiazole rings is 1. The third-order valence-electron chi connectivity index (χ3n) is 2.07. The van der Waals surface area contributed by atoms with Crippen LogP contribution in [0.1, 0.15) is 4.88 Å². The highest BCUT2D eigenvalue weighted by Gasteiger charge is 2.08. The minimum absolute atomic E-state index is 0.725. The number of benzene rings is 1. The van der Waals surface area contributed by atoms with Gasteiger partial charge in [0.25, 0.3) is 0 Å². The lowest BCUT2D eigenvalue weighted by atomic mass is 10.2. The van der Waals surface area contributed by atoms with Crippen LogP contribution in [0.2, 0.25) is 5.02 Å². The SMILES string of the molecule is CNCc1cnc(-c2ccc(Cl)cc2Br)s1. The number of hydrogen-bond donors (Lipinski definition) is 1. The summed E-state index contributed by atoms with van der Waals surface area (Å²) in [6.45, 7) is 0.850. The van der Waals surface area contributed by atoms with E-state index in [1.165, 1.54) is 4.88 Å². The molecule has 2 aromatic rings. The first kappa shape index (κ1) is 12.0. The Morgan fingerprint density at radius 3 is 3.00 bits per heavy atom. The van der Waals surface area contributed by atoms with Crippen LogP contribution in [-0.4, -0.2) is 12.0 Å². The van der Waals surface area contributed by atoms with Crippen molar-refractivity contribution in [2.75, 3.05) is 7.05 Å². The Balaban J connectivity index is 2.35. The molecule has 1 N–H and O–H groups in total. The van der Waals surface area contributed by atoms with Crippen LogP contribution in [-0.2, 0) is 6.54 Å². The van der Waals surface area contributed by atoms with Crippen LogP contribution in [0, 0.1) is 0 Å². The zero-order valence-electron chi connectivity index (χ0n) is 8.63. The van der Waals surface area contributed by atoms with Gasteiger partial charge in [-0.1, -0.05) is 27.5 Å². The Morgan fingerprint density at radius 2 is 2.31 bits per heavy atom. The number of nitrogens with zero attached hydrogens (tertiary/aromatic N) is 1. The largest absolute Gasteiger partial charge is 0.315 e. The van der Waals surface area contributed by atoms with Gasteiger partial charge in [0.1, 0.15) is 5.01 Å². The first-order valence-electron chi connectivity index (χ1n) is 4.75. The molecule has 0 aliphatic heterocycles. The number of halogens is 2. The fourth-order valence-electron chi connectivity index (χ4n) is 1.35. The molecule has 0 aliphatic carbocycles. The molecule has 0 radical (unpaired) electrons. The molecule has 0 unspecified atom stereocenters. The Bertz CT molecular complexity index is 498. The topological polar surface area (TPSA) is 24.9 Å². The van der Waals surface area contributed by atoms with Crippen molar-refractivity contribution in [3.63, 3.8) is 0 Å². The predicted molar refractivity (Wildman–Crippen MR) is 73.0 cm³/mol. The van der Waals surface area contributed by atoms with Crippen molar-refractivity contribution in [3.05, 3.63) is 38.8 Å². The molecule has 0 aliphatic rings. The van der Waals surface area contributed by atoms with Gasteiger partial charge < -0.3 is 5.32 Å². The summed E-state index contributed by atoms with van der Waals surface area (Å²) in [6.07, 6.45) is 1.90. The van der Waals surface area contributed by atoms with Gasteiger partial charge in [-0.15, -0.1) is 11.3 Å². The van der Waals surface area contributed by atoms with Gasteiger partial charge in [0, 0.05) is 32.7 Å². The van der Waals surface area contributed by atoms with Crippen molar-refractivity contribution in [3.8, 4) is 10.6 Å². The van der Waals surface area contributed by atoms with Crippen molar-refractivity contribution in [2.45, 2.75) is 6.54 Å². The summed E-state index contributed by atoms with van der Waals surface area (Å²) in [5.74, 6) is 0. The standard InChI is InChI=1S/C11H10BrClN2S/c1-14-5-8-6-15-11(16-8)9-3-2-7(13)4-10(9)12/h2-4,6,14H,5H2,1H3. The summed E-state index contributed by atoms with van der Waals surface area (Å²) in [5, 5.41) is 4.84. The molecule has 0 amide bonds. The van der Waals surface area contributed by atoms with E-state index in [1.54, 1.807) is 11.3 Å². The third-order valence-corrected chi connectivity index (χ3v) is 3.99. The van der Waals surface area contributed by atoms with Crippen LogP contribution in [0.3, 0.4) is 0 Å². The third kappa shape index (κ3) is 2.63. The van der Waals surface area contributed by atoms with Gasteiger partial charge in [0.2, 0.25) is 0 Å². The van der Waals surface area contributed by atoms with Gasteiger partial charge in [-0.2, -0.15) is 0 Å². The molecule has 0 saturated heterocycles. The van der Waals surface area contributed by atoms with Crippen LogP contribution >= 0.6 is 38.9 Å². The maximum atomic E-state index is 5.90. The Labute approximate surface area is 112 Å². The molecule has 0 spiro atoms. The van der Waals surface area contributed by atoms with Crippen LogP contribution in [0.5, 0.6) is 0 Å². The zero-order valence-corrected chi connectivity index (χ0v) is 11.8. The molecule has 1 aromatic carbocycles. The van der Waals surface area contributed by atoms with E-state index in [0.29, 0.717) is 0 Å². The zero-order chi connectivity index (χ0) is 11.5. The fraction of sp³-hybridized carbons (Fsp3) is 0.182. The molecular weight excluding hydrogens is 308 g/mol. The molecule has 5 heteroatoms. The van der Waals surface area contributed by atoms with E-state index < -0.39 is 0 Å². The maximum absolute atomic E-state index is 5.90. The molecule has 0 atom stereocenters. The van der Waals surface area contributed by atoms with Crippen LogP contribution < -0.4 is 5.32 Å². The van der Waals surface area contributed by atoms with Gasteiger partial charge in [-0.25, -0.2) is 4.98 Å². The average molecular weight is 318 g/mol. The Hall–Kier alpha value is -0.420. The van der Waals surface area contributed by atoms with Gasteiger partial charge in [0.05, 0.1) is 0 Å². The van der Waals surface area contributed by atoms with E-state index in [-0.39, 0.29) is 0 Å². The quantitative estimate of drug-likeness (QED) is 0.927. The summed E-state index contributed by atoms with van der Waals surface area (Å²) >= 11 is 11.1. The van der Waals surface area contributed by atoms with Gasteiger partial charge >= 0.3 is 0 Å². The highest BCUT2D eigenvalue weighted by atomic mass is 79.9. The smallest absolute Gasteiger partial charge is 0.124 e. The molecule has 1 aromatic heterocycles. The van der Waals surface area contributed by atoms with E-state index >= 15 is 0 Å². The Kier molecular flexibility index (Phi) is 3.97. The molecule has 16 heavy (non-hydrogen) atoms. The average Bonchev–Trinajstić information content (AvgIpc) is 2.67. The number of aromatic nitrogens is 1. The summed E-state index contributed by atoms with van der Waals surface area (Å²) in [4.78, 5) is 5.62. The summed E-state index contributed by atoms with van der Waals surface area (Å²) in [6, 6.07) is 5.74. The van der Waals surface area contributed by atoms with Crippen molar-refractivity contribution in [1.29, 1.82) is 0 Å². The summed E-state index contributed by atoms with van der Waals surface area (Å²) in [7, 11) is 1.93. The molecule has 0 bridgehead atoms.